The molecule has 0 bridgehead atoms. The average molecular weight is 207 g/mol. The molecule has 0 unspecified atom stereocenters. The van der Waals surface area contributed by atoms with E-state index in [0.29, 0.717) is 11.9 Å². The third-order valence-corrected chi connectivity index (χ3v) is 1.58. The summed E-state index contributed by atoms with van der Waals surface area (Å²) in [6.45, 7) is 0. The van der Waals surface area contributed by atoms with Gasteiger partial charge in [0.1, 0.15) is 0 Å². The van der Waals surface area contributed by atoms with Gasteiger partial charge in [0.2, 0.25) is 17.8 Å². The highest BCUT2D eigenvalue weighted by molar-refractivity contribution is 5.45. The van der Waals surface area contributed by atoms with Crippen LogP contribution in [-0.4, -0.2) is 43.1 Å². The minimum Gasteiger partial charge on any atom is -0.347 e. The Hall–Kier alpha value is -2.10. The molecule has 0 amide bonds. The van der Waals surface area contributed by atoms with Gasteiger partial charge in [0, 0.05) is 28.2 Å². The van der Waals surface area contributed by atoms with Gasteiger partial charge in [-0.05, 0) is 0 Å². The van der Waals surface area contributed by atoms with Crippen molar-refractivity contribution in [3.63, 3.8) is 0 Å². The number of aromatic nitrogens is 3. The maximum Gasteiger partial charge on any atom is 0.242 e. The standard InChI is InChI=1S/C8H13N7/c1-14(2)7-11-6(10-5-9)12-8(13-7)15(3)4/h1-4H3,(H,10,11,12,13). The van der Waals surface area contributed by atoms with Gasteiger partial charge in [-0.2, -0.15) is 20.2 Å². The largest absolute Gasteiger partial charge is 0.347 e. The molecule has 15 heavy (non-hydrogen) atoms. The number of anilines is 3. The fourth-order valence-corrected chi connectivity index (χ4v) is 0.860. The molecule has 1 N–H and O–H groups in total. The average Bonchev–Trinajstić information content (AvgIpc) is 2.17. The fraction of sp³-hybridized carbons (Fsp3) is 0.500. The van der Waals surface area contributed by atoms with Crippen LogP contribution in [0.3, 0.4) is 0 Å². The molecule has 7 heteroatoms. The summed E-state index contributed by atoms with van der Waals surface area (Å²) in [6.07, 6.45) is 1.78. The van der Waals surface area contributed by atoms with Crippen molar-refractivity contribution in [1.82, 2.24) is 15.0 Å². The van der Waals surface area contributed by atoms with Gasteiger partial charge < -0.3 is 9.80 Å². The highest BCUT2D eigenvalue weighted by Crippen LogP contribution is 2.12. The monoisotopic (exact) mass is 207 g/mol. The van der Waals surface area contributed by atoms with Crippen molar-refractivity contribution < 1.29 is 0 Å². The zero-order valence-corrected chi connectivity index (χ0v) is 9.18. The van der Waals surface area contributed by atoms with E-state index < -0.39 is 0 Å². The van der Waals surface area contributed by atoms with Crippen LogP contribution in [-0.2, 0) is 0 Å². The molecule has 0 saturated heterocycles. The summed E-state index contributed by atoms with van der Waals surface area (Å²) in [7, 11) is 7.30. The predicted molar refractivity (Wildman–Crippen MR) is 57.7 cm³/mol. The van der Waals surface area contributed by atoms with Crippen molar-refractivity contribution >= 4 is 17.8 Å². The third-order valence-electron chi connectivity index (χ3n) is 1.58. The minimum atomic E-state index is 0.250. The number of rotatable bonds is 3. The van der Waals surface area contributed by atoms with Gasteiger partial charge in [-0.15, -0.1) is 0 Å². The van der Waals surface area contributed by atoms with E-state index in [1.54, 1.807) is 16.0 Å². The molecule has 7 nitrogen and oxygen atoms in total. The van der Waals surface area contributed by atoms with Gasteiger partial charge in [-0.25, -0.2) is 0 Å². The van der Waals surface area contributed by atoms with E-state index in [2.05, 4.69) is 20.3 Å². The van der Waals surface area contributed by atoms with Gasteiger partial charge in [0.25, 0.3) is 0 Å². The molecular formula is C8H13N7. The number of nitriles is 1. The van der Waals surface area contributed by atoms with Crippen LogP contribution in [0.15, 0.2) is 0 Å². The molecule has 1 heterocycles. The van der Waals surface area contributed by atoms with E-state index in [1.807, 2.05) is 28.2 Å². The Morgan fingerprint density at radius 3 is 1.80 bits per heavy atom. The zero-order valence-electron chi connectivity index (χ0n) is 9.18. The first kappa shape index (κ1) is 11.0. The highest BCUT2D eigenvalue weighted by Gasteiger charge is 2.08. The molecule has 0 aliphatic heterocycles. The van der Waals surface area contributed by atoms with Crippen LogP contribution < -0.4 is 15.1 Å². The van der Waals surface area contributed by atoms with Crippen LogP contribution in [0.5, 0.6) is 0 Å². The molecular weight excluding hydrogens is 194 g/mol. The second-order valence-electron chi connectivity index (χ2n) is 3.28. The summed E-state index contributed by atoms with van der Waals surface area (Å²) in [4.78, 5) is 15.8. The van der Waals surface area contributed by atoms with E-state index in [1.165, 1.54) is 0 Å². The lowest BCUT2D eigenvalue weighted by atomic mass is 10.7. The highest BCUT2D eigenvalue weighted by atomic mass is 15.3. The van der Waals surface area contributed by atoms with Crippen molar-refractivity contribution in [1.29, 1.82) is 5.26 Å². The molecule has 80 valence electrons. The number of nitrogens with one attached hydrogen (secondary N) is 1. The van der Waals surface area contributed by atoms with Crippen LogP contribution in [0, 0.1) is 11.5 Å². The van der Waals surface area contributed by atoms with Crippen LogP contribution in [0.25, 0.3) is 0 Å². The first-order valence-electron chi connectivity index (χ1n) is 4.30. The van der Waals surface area contributed by atoms with Crippen molar-refractivity contribution in [2.24, 2.45) is 0 Å². The van der Waals surface area contributed by atoms with E-state index in [4.69, 9.17) is 5.26 Å². The first-order valence-corrected chi connectivity index (χ1v) is 4.30. The molecule has 0 aromatic carbocycles. The Labute approximate surface area is 88.4 Å². The summed E-state index contributed by atoms with van der Waals surface area (Å²) in [5.74, 6) is 1.26. The van der Waals surface area contributed by atoms with Gasteiger partial charge in [0.15, 0.2) is 6.19 Å². The summed E-state index contributed by atoms with van der Waals surface area (Å²) in [5.41, 5.74) is 0. The SMILES string of the molecule is CN(C)c1nc(NC#N)nc(N(C)C)n1. The van der Waals surface area contributed by atoms with Gasteiger partial charge in [-0.3, -0.25) is 5.32 Å². The lowest BCUT2D eigenvalue weighted by Crippen LogP contribution is -2.19. The molecule has 0 radical (unpaired) electrons. The quantitative estimate of drug-likeness (QED) is 0.547. The normalized spacial score (nSPS) is 9.27. The van der Waals surface area contributed by atoms with Crippen molar-refractivity contribution in [3.05, 3.63) is 0 Å². The van der Waals surface area contributed by atoms with Gasteiger partial charge >= 0.3 is 0 Å². The molecule has 0 aliphatic rings. The molecule has 1 aromatic rings. The summed E-state index contributed by atoms with van der Waals surface area (Å²) in [5, 5.41) is 10.9. The molecule has 1 rings (SSSR count). The van der Waals surface area contributed by atoms with E-state index in [-0.39, 0.29) is 5.95 Å². The summed E-state index contributed by atoms with van der Waals surface area (Å²) < 4.78 is 0. The van der Waals surface area contributed by atoms with Crippen molar-refractivity contribution in [2.75, 3.05) is 43.3 Å². The smallest absolute Gasteiger partial charge is 0.242 e. The van der Waals surface area contributed by atoms with E-state index >= 15 is 0 Å². The Balaban J connectivity index is 3.15. The topological polar surface area (TPSA) is 81.0 Å². The molecule has 0 saturated carbocycles. The maximum absolute atomic E-state index is 8.49. The van der Waals surface area contributed by atoms with Gasteiger partial charge in [-0.1, -0.05) is 0 Å². The lowest BCUT2D eigenvalue weighted by Gasteiger charge is -2.15. The van der Waals surface area contributed by atoms with Crippen molar-refractivity contribution in [2.45, 2.75) is 0 Å². The number of hydrogen-bond donors (Lipinski definition) is 1. The maximum atomic E-state index is 8.49. The van der Waals surface area contributed by atoms with Gasteiger partial charge in [0.05, 0.1) is 0 Å². The Bertz CT molecular complexity index is 353. The van der Waals surface area contributed by atoms with E-state index in [0.717, 1.165) is 0 Å². The molecule has 0 spiro atoms. The Morgan fingerprint density at radius 2 is 1.47 bits per heavy atom. The van der Waals surface area contributed by atoms with E-state index in [9.17, 15) is 0 Å². The zero-order chi connectivity index (χ0) is 11.4. The van der Waals surface area contributed by atoms with Crippen LogP contribution >= 0.6 is 0 Å². The summed E-state index contributed by atoms with van der Waals surface area (Å²) in [6, 6.07) is 0. The van der Waals surface area contributed by atoms with Crippen LogP contribution in [0.4, 0.5) is 17.8 Å². The molecule has 0 atom stereocenters. The van der Waals surface area contributed by atoms with Crippen LogP contribution in [0.1, 0.15) is 0 Å². The van der Waals surface area contributed by atoms with Crippen molar-refractivity contribution in [3.8, 4) is 6.19 Å². The second kappa shape index (κ2) is 4.41. The number of hydrogen-bond acceptors (Lipinski definition) is 7. The molecule has 0 aliphatic carbocycles. The first-order chi connectivity index (χ1) is 7.04. The fourth-order valence-electron chi connectivity index (χ4n) is 0.860. The minimum absolute atomic E-state index is 0.250. The summed E-state index contributed by atoms with van der Waals surface area (Å²) >= 11 is 0. The number of nitrogens with zero attached hydrogens (tertiary/aromatic N) is 6. The Morgan fingerprint density at radius 1 is 1.00 bits per heavy atom. The molecule has 0 fully saturated rings. The van der Waals surface area contributed by atoms with Crippen LogP contribution in [0.2, 0.25) is 0 Å². The second-order valence-corrected chi connectivity index (χ2v) is 3.28. The molecule has 1 aromatic heterocycles. The third kappa shape index (κ3) is 2.67. The lowest BCUT2D eigenvalue weighted by molar-refractivity contribution is 0.920. The predicted octanol–water partition coefficient (Wildman–Crippen LogP) is -0.103. The Kier molecular flexibility index (Phi) is 3.23.